The zero-order valence-corrected chi connectivity index (χ0v) is 15.0. The molecule has 0 saturated carbocycles. The van der Waals surface area contributed by atoms with Crippen LogP contribution in [0.25, 0.3) is 0 Å². The maximum atomic E-state index is 12.2. The fourth-order valence-electron chi connectivity index (χ4n) is 2.97. The third kappa shape index (κ3) is 5.12. The van der Waals surface area contributed by atoms with E-state index in [1.54, 1.807) is 30.3 Å². The molecule has 1 aliphatic rings. The largest absolute Gasteiger partial charge is 0.371 e. The van der Waals surface area contributed by atoms with Crippen LogP contribution in [0.5, 0.6) is 0 Å². The molecular formula is C19H24N2O3S. The number of nitrogens with one attached hydrogen (secondary N) is 1. The highest BCUT2D eigenvalue weighted by molar-refractivity contribution is 7.89. The van der Waals surface area contributed by atoms with Gasteiger partial charge in [0.15, 0.2) is 0 Å². The van der Waals surface area contributed by atoms with Gasteiger partial charge in [-0.2, -0.15) is 0 Å². The Morgan fingerprint density at radius 3 is 2.44 bits per heavy atom. The summed E-state index contributed by atoms with van der Waals surface area (Å²) in [5.41, 5.74) is 1.19. The van der Waals surface area contributed by atoms with Gasteiger partial charge in [0.05, 0.1) is 17.6 Å². The van der Waals surface area contributed by atoms with E-state index < -0.39 is 10.0 Å². The summed E-state index contributed by atoms with van der Waals surface area (Å²) in [4.78, 5) is 2.64. The van der Waals surface area contributed by atoms with Gasteiger partial charge in [-0.25, -0.2) is 13.1 Å². The summed E-state index contributed by atoms with van der Waals surface area (Å²) in [6.07, 6.45) is 0.865. The van der Waals surface area contributed by atoms with Crippen LogP contribution in [0.2, 0.25) is 0 Å². The van der Waals surface area contributed by atoms with E-state index in [4.69, 9.17) is 4.74 Å². The van der Waals surface area contributed by atoms with Gasteiger partial charge in [-0.05, 0) is 30.7 Å². The molecule has 0 amide bonds. The van der Waals surface area contributed by atoms with Gasteiger partial charge in [0.2, 0.25) is 10.0 Å². The van der Waals surface area contributed by atoms with Crippen LogP contribution in [0.3, 0.4) is 0 Å². The van der Waals surface area contributed by atoms with Crippen molar-refractivity contribution in [2.45, 2.75) is 17.4 Å². The Morgan fingerprint density at radius 2 is 1.72 bits per heavy atom. The standard InChI is InChI=1S/C19H24N2O3S/c22-25(23,18-10-5-2-6-11-18)20-12-7-13-21-14-15-24-19(16-21)17-8-3-1-4-9-17/h1-6,8-11,19-20H,7,12-16H2/t19-/m1/s1. The summed E-state index contributed by atoms with van der Waals surface area (Å²) in [5, 5.41) is 0. The molecule has 2 aromatic rings. The van der Waals surface area contributed by atoms with Gasteiger partial charge in [-0.1, -0.05) is 48.5 Å². The van der Waals surface area contributed by atoms with Crippen LogP contribution in [-0.4, -0.2) is 46.1 Å². The van der Waals surface area contributed by atoms with Crippen LogP contribution in [0, 0.1) is 0 Å². The molecule has 2 aromatic carbocycles. The second-order valence-electron chi connectivity index (χ2n) is 6.14. The number of morpholine rings is 1. The Morgan fingerprint density at radius 1 is 1.04 bits per heavy atom. The van der Waals surface area contributed by atoms with Crippen LogP contribution in [0.4, 0.5) is 0 Å². The van der Waals surface area contributed by atoms with Crippen LogP contribution in [0.15, 0.2) is 65.6 Å². The van der Waals surface area contributed by atoms with Crippen molar-refractivity contribution < 1.29 is 13.2 Å². The van der Waals surface area contributed by atoms with Crippen molar-refractivity contribution in [2.24, 2.45) is 0 Å². The Hall–Kier alpha value is -1.73. The highest BCUT2D eigenvalue weighted by atomic mass is 32.2. The molecule has 5 nitrogen and oxygen atoms in total. The van der Waals surface area contributed by atoms with Crippen molar-refractivity contribution in [2.75, 3.05) is 32.8 Å². The molecule has 0 unspecified atom stereocenters. The van der Waals surface area contributed by atoms with Crippen molar-refractivity contribution in [1.82, 2.24) is 9.62 Å². The number of hydrogen-bond acceptors (Lipinski definition) is 4. The molecule has 1 heterocycles. The molecule has 0 radical (unpaired) electrons. The number of hydrogen-bond donors (Lipinski definition) is 1. The van der Waals surface area contributed by atoms with Crippen molar-refractivity contribution in [1.29, 1.82) is 0 Å². The van der Waals surface area contributed by atoms with E-state index in [1.165, 1.54) is 5.56 Å². The summed E-state index contributed by atoms with van der Waals surface area (Å²) in [6, 6.07) is 18.7. The van der Waals surface area contributed by atoms with Gasteiger partial charge in [0.25, 0.3) is 0 Å². The van der Waals surface area contributed by atoms with Crippen molar-refractivity contribution in [3.63, 3.8) is 0 Å². The minimum absolute atomic E-state index is 0.0935. The Labute approximate surface area is 149 Å². The highest BCUT2D eigenvalue weighted by Gasteiger charge is 2.21. The zero-order valence-electron chi connectivity index (χ0n) is 14.2. The minimum Gasteiger partial charge on any atom is -0.371 e. The summed E-state index contributed by atoms with van der Waals surface area (Å²) in [5.74, 6) is 0. The van der Waals surface area contributed by atoms with Crippen LogP contribution < -0.4 is 4.72 Å². The lowest BCUT2D eigenvalue weighted by Crippen LogP contribution is -2.39. The molecule has 1 atom stereocenters. The number of benzene rings is 2. The predicted octanol–water partition coefficient (Wildman–Crippen LogP) is 2.43. The lowest BCUT2D eigenvalue weighted by Gasteiger charge is -2.33. The number of nitrogens with zero attached hydrogens (tertiary/aromatic N) is 1. The SMILES string of the molecule is O=S(=O)(NCCCN1CCO[C@@H](c2ccccc2)C1)c1ccccc1. The van der Waals surface area contributed by atoms with Gasteiger partial charge in [0, 0.05) is 19.6 Å². The first kappa shape index (κ1) is 18.1. The van der Waals surface area contributed by atoms with Crippen LogP contribution in [0.1, 0.15) is 18.1 Å². The van der Waals surface area contributed by atoms with Gasteiger partial charge in [-0.15, -0.1) is 0 Å². The molecule has 1 saturated heterocycles. The van der Waals surface area contributed by atoms with E-state index in [0.717, 1.165) is 26.1 Å². The van der Waals surface area contributed by atoms with Crippen molar-refractivity contribution in [3.05, 3.63) is 66.2 Å². The molecule has 1 aliphatic heterocycles. The van der Waals surface area contributed by atoms with Crippen LogP contribution >= 0.6 is 0 Å². The lowest BCUT2D eigenvalue weighted by molar-refractivity contribution is -0.0300. The highest BCUT2D eigenvalue weighted by Crippen LogP contribution is 2.21. The molecule has 0 aliphatic carbocycles. The minimum atomic E-state index is -3.41. The topological polar surface area (TPSA) is 58.6 Å². The first-order valence-electron chi connectivity index (χ1n) is 8.59. The van der Waals surface area contributed by atoms with Crippen molar-refractivity contribution in [3.8, 4) is 0 Å². The van der Waals surface area contributed by atoms with E-state index in [2.05, 4.69) is 21.8 Å². The Balaban J connectivity index is 1.45. The van der Waals surface area contributed by atoms with E-state index in [9.17, 15) is 8.42 Å². The third-order valence-corrected chi connectivity index (χ3v) is 5.80. The van der Waals surface area contributed by atoms with Gasteiger partial charge < -0.3 is 4.74 Å². The Bertz CT molecular complexity index is 751. The van der Waals surface area contributed by atoms with E-state index >= 15 is 0 Å². The molecule has 134 valence electrons. The van der Waals surface area contributed by atoms with E-state index in [0.29, 0.717) is 18.0 Å². The van der Waals surface area contributed by atoms with E-state index in [-0.39, 0.29) is 6.10 Å². The molecule has 6 heteroatoms. The number of sulfonamides is 1. The average Bonchev–Trinajstić information content (AvgIpc) is 2.67. The van der Waals surface area contributed by atoms with Gasteiger partial charge in [0.1, 0.15) is 0 Å². The molecule has 1 N–H and O–H groups in total. The molecule has 25 heavy (non-hydrogen) atoms. The maximum Gasteiger partial charge on any atom is 0.240 e. The second-order valence-corrected chi connectivity index (χ2v) is 7.90. The lowest BCUT2D eigenvalue weighted by atomic mass is 10.1. The number of ether oxygens (including phenoxy) is 1. The third-order valence-electron chi connectivity index (χ3n) is 4.32. The molecule has 0 aromatic heterocycles. The first-order valence-corrected chi connectivity index (χ1v) is 10.1. The molecular weight excluding hydrogens is 336 g/mol. The molecule has 1 fully saturated rings. The zero-order chi connectivity index (χ0) is 17.5. The normalized spacial score (nSPS) is 19.0. The summed E-state index contributed by atoms with van der Waals surface area (Å²) >= 11 is 0. The number of rotatable bonds is 7. The fraction of sp³-hybridized carbons (Fsp3) is 0.368. The summed E-state index contributed by atoms with van der Waals surface area (Å²) in [6.45, 7) is 3.72. The second kappa shape index (κ2) is 8.58. The first-order chi connectivity index (χ1) is 12.1. The smallest absolute Gasteiger partial charge is 0.240 e. The maximum absolute atomic E-state index is 12.2. The summed E-state index contributed by atoms with van der Waals surface area (Å²) in [7, 11) is -3.41. The average molecular weight is 360 g/mol. The van der Waals surface area contributed by atoms with Gasteiger partial charge in [-0.3, -0.25) is 4.90 Å². The molecule has 3 rings (SSSR count). The monoisotopic (exact) mass is 360 g/mol. The van der Waals surface area contributed by atoms with E-state index in [1.807, 2.05) is 18.2 Å². The van der Waals surface area contributed by atoms with Crippen molar-refractivity contribution >= 4 is 10.0 Å². The molecule has 0 bridgehead atoms. The predicted molar refractivity (Wildman–Crippen MR) is 97.8 cm³/mol. The fourth-order valence-corrected chi connectivity index (χ4v) is 4.06. The van der Waals surface area contributed by atoms with Gasteiger partial charge >= 0.3 is 0 Å². The molecule has 0 spiro atoms. The quantitative estimate of drug-likeness (QED) is 0.771. The Kier molecular flexibility index (Phi) is 6.20. The summed E-state index contributed by atoms with van der Waals surface area (Å²) < 4.78 is 32.9. The van der Waals surface area contributed by atoms with Crippen LogP contribution in [-0.2, 0) is 14.8 Å².